The van der Waals surface area contributed by atoms with Gasteiger partial charge in [0.25, 0.3) is 0 Å². The van der Waals surface area contributed by atoms with E-state index >= 15 is 0 Å². The van der Waals surface area contributed by atoms with Gasteiger partial charge < -0.3 is 10.5 Å². The van der Waals surface area contributed by atoms with Gasteiger partial charge in [-0.2, -0.15) is 5.26 Å². The molecule has 4 nitrogen and oxygen atoms in total. The zero-order valence-corrected chi connectivity index (χ0v) is 11.1. The summed E-state index contributed by atoms with van der Waals surface area (Å²) in [5.74, 6) is -0.350. The van der Waals surface area contributed by atoms with Crippen molar-refractivity contribution in [1.82, 2.24) is 0 Å². The molecule has 90 valence electrons. The van der Waals surface area contributed by atoms with E-state index in [9.17, 15) is 4.79 Å². The average Bonchev–Trinajstić information content (AvgIpc) is 2.30. The predicted octanol–water partition coefficient (Wildman–Crippen LogP) is 1.89. The van der Waals surface area contributed by atoms with Crippen molar-refractivity contribution < 1.29 is 9.53 Å². The first-order valence-electron chi connectivity index (χ1n) is 5.20. The summed E-state index contributed by atoms with van der Waals surface area (Å²) in [5.41, 5.74) is 7.47. The molecule has 0 aromatic heterocycles. The van der Waals surface area contributed by atoms with E-state index < -0.39 is 0 Å². The highest BCUT2D eigenvalue weighted by molar-refractivity contribution is 9.10. The molecule has 0 saturated carbocycles. The minimum atomic E-state index is -0.350. The number of rotatable bonds is 4. The topological polar surface area (TPSA) is 76.1 Å². The number of carbonyl (C=O) groups is 1. The minimum absolute atomic E-state index is 0.0721. The summed E-state index contributed by atoms with van der Waals surface area (Å²) in [5, 5.41) is 9.09. The van der Waals surface area contributed by atoms with Crippen LogP contribution in [0.5, 0.6) is 0 Å². The standard InChI is InChI=1S/C12H13BrN2O2/c1-2-17-12(16)5-9-8(6-14)3-4-11(13)10(9)7-15/h3-4H,2,5-6,14H2,1H3. The van der Waals surface area contributed by atoms with Crippen LogP contribution in [0.25, 0.3) is 0 Å². The zero-order valence-electron chi connectivity index (χ0n) is 9.50. The largest absolute Gasteiger partial charge is 0.466 e. The maximum atomic E-state index is 11.5. The van der Waals surface area contributed by atoms with E-state index in [4.69, 9.17) is 15.7 Å². The van der Waals surface area contributed by atoms with E-state index in [1.54, 1.807) is 19.1 Å². The van der Waals surface area contributed by atoms with Crippen molar-refractivity contribution in [2.24, 2.45) is 5.73 Å². The van der Waals surface area contributed by atoms with Gasteiger partial charge in [0.1, 0.15) is 6.07 Å². The van der Waals surface area contributed by atoms with Crippen LogP contribution in [0.4, 0.5) is 0 Å². The van der Waals surface area contributed by atoms with Crippen molar-refractivity contribution in [3.05, 3.63) is 33.3 Å². The number of esters is 1. The Labute approximate surface area is 108 Å². The van der Waals surface area contributed by atoms with Crippen molar-refractivity contribution in [3.8, 4) is 6.07 Å². The van der Waals surface area contributed by atoms with Gasteiger partial charge in [0, 0.05) is 11.0 Å². The molecule has 0 aliphatic carbocycles. The van der Waals surface area contributed by atoms with E-state index in [0.717, 1.165) is 5.56 Å². The Morgan fingerprint density at radius 1 is 1.59 bits per heavy atom. The van der Waals surface area contributed by atoms with Gasteiger partial charge in [-0.1, -0.05) is 6.07 Å². The number of nitrogens with two attached hydrogens (primary N) is 1. The molecular weight excluding hydrogens is 284 g/mol. The molecule has 0 aliphatic rings. The van der Waals surface area contributed by atoms with Crippen molar-refractivity contribution in [3.63, 3.8) is 0 Å². The fourth-order valence-electron chi connectivity index (χ4n) is 1.53. The molecule has 5 heteroatoms. The van der Waals surface area contributed by atoms with Crippen LogP contribution in [0.2, 0.25) is 0 Å². The number of nitrogens with zero attached hydrogens (tertiary/aromatic N) is 1. The molecule has 0 heterocycles. The van der Waals surface area contributed by atoms with E-state index in [1.807, 2.05) is 0 Å². The molecule has 1 aromatic rings. The molecular formula is C12H13BrN2O2. The average molecular weight is 297 g/mol. The second kappa shape index (κ2) is 6.38. The number of carbonyl (C=O) groups excluding carboxylic acids is 1. The third-order valence-electron chi connectivity index (χ3n) is 2.32. The Morgan fingerprint density at radius 2 is 2.29 bits per heavy atom. The Bertz CT molecular complexity index is 466. The molecule has 1 rings (SSSR count). The van der Waals surface area contributed by atoms with Gasteiger partial charge in [-0.05, 0) is 40.0 Å². The van der Waals surface area contributed by atoms with Crippen LogP contribution in [0, 0.1) is 11.3 Å². The number of hydrogen-bond donors (Lipinski definition) is 1. The summed E-state index contributed by atoms with van der Waals surface area (Å²) in [7, 11) is 0. The summed E-state index contributed by atoms with van der Waals surface area (Å²) in [6.45, 7) is 2.36. The lowest BCUT2D eigenvalue weighted by Gasteiger charge is -2.10. The van der Waals surface area contributed by atoms with Gasteiger partial charge >= 0.3 is 5.97 Å². The highest BCUT2D eigenvalue weighted by Gasteiger charge is 2.15. The summed E-state index contributed by atoms with van der Waals surface area (Å²) >= 11 is 3.28. The van der Waals surface area contributed by atoms with Crippen LogP contribution < -0.4 is 5.73 Å². The number of halogens is 1. The lowest BCUT2D eigenvalue weighted by Crippen LogP contribution is -2.12. The molecule has 0 amide bonds. The molecule has 0 saturated heterocycles. The molecule has 2 N–H and O–H groups in total. The molecule has 0 fully saturated rings. The Balaban J connectivity index is 3.15. The lowest BCUT2D eigenvalue weighted by atomic mass is 9.99. The smallest absolute Gasteiger partial charge is 0.310 e. The molecule has 0 spiro atoms. The number of benzene rings is 1. The first-order valence-corrected chi connectivity index (χ1v) is 5.99. The van der Waals surface area contributed by atoms with Crippen LogP contribution >= 0.6 is 15.9 Å². The predicted molar refractivity (Wildman–Crippen MR) is 67.1 cm³/mol. The lowest BCUT2D eigenvalue weighted by molar-refractivity contribution is -0.142. The fourth-order valence-corrected chi connectivity index (χ4v) is 1.99. The van der Waals surface area contributed by atoms with Crippen LogP contribution in [0.1, 0.15) is 23.6 Å². The summed E-state index contributed by atoms with van der Waals surface area (Å²) in [4.78, 5) is 11.5. The van der Waals surface area contributed by atoms with Crippen LogP contribution in [0.3, 0.4) is 0 Å². The van der Waals surface area contributed by atoms with Gasteiger partial charge in [-0.15, -0.1) is 0 Å². The van der Waals surface area contributed by atoms with Crippen molar-refractivity contribution in [2.75, 3.05) is 6.61 Å². The third-order valence-corrected chi connectivity index (χ3v) is 2.98. The fraction of sp³-hybridized carbons (Fsp3) is 0.333. The van der Waals surface area contributed by atoms with Crippen molar-refractivity contribution in [2.45, 2.75) is 19.9 Å². The van der Waals surface area contributed by atoms with Crippen LogP contribution in [-0.4, -0.2) is 12.6 Å². The second-order valence-corrected chi connectivity index (χ2v) is 4.21. The first kappa shape index (κ1) is 13.7. The van der Waals surface area contributed by atoms with E-state index in [0.29, 0.717) is 22.2 Å². The molecule has 0 unspecified atom stereocenters. The molecule has 17 heavy (non-hydrogen) atoms. The SMILES string of the molecule is CCOC(=O)Cc1c(CN)ccc(Br)c1C#N. The zero-order chi connectivity index (χ0) is 12.8. The Morgan fingerprint density at radius 3 is 2.82 bits per heavy atom. The van der Waals surface area contributed by atoms with E-state index in [1.165, 1.54) is 0 Å². The molecule has 0 atom stereocenters. The van der Waals surface area contributed by atoms with Crippen molar-refractivity contribution >= 4 is 21.9 Å². The van der Waals surface area contributed by atoms with Gasteiger partial charge in [0.2, 0.25) is 0 Å². The summed E-state index contributed by atoms with van der Waals surface area (Å²) in [6.07, 6.45) is 0.0721. The second-order valence-electron chi connectivity index (χ2n) is 3.36. The molecule has 0 bridgehead atoms. The van der Waals surface area contributed by atoms with Gasteiger partial charge in [0.05, 0.1) is 18.6 Å². The van der Waals surface area contributed by atoms with E-state index in [-0.39, 0.29) is 18.9 Å². The quantitative estimate of drug-likeness (QED) is 0.861. The molecule has 0 radical (unpaired) electrons. The minimum Gasteiger partial charge on any atom is -0.466 e. The Kier molecular flexibility index (Phi) is 5.13. The van der Waals surface area contributed by atoms with Crippen LogP contribution in [-0.2, 0) is 22.5 Å². The maximum Gasteiger partial charge on any atom is 0.310 e. The summed E-state index contributed by atoms with van der Waals surface area (Å²) < 4.78 is 5.54. The summed E-state index contributed by atoms with van der Waals surface area (Å²) in [6, 6.07) is 5.64. The molecule has 0 aliphatic heterocycles. The monoisotopic (exact) mass is 296 g/mol. The first-order chi connectivity index (χ1) is 8.13. The van der Waals surface area contributed by atoms with Gasteiger partial charge in [0.15, 0.2) is 0 Å². The van der Waals surface area contributed by atoms with Crippen LogP contribution in [0.15, 0.2) is 16.6 Å². The third kappa shape index (κ3) is 3.29. The number of ether oxygens (including phenoxy) is 1. The highest BCUT2D eigenvalue weighted by Crippen LogP contribution is 2.24. The maximum absolute atomic E-state index is 11.5. The number of hydrogen-bond acceptors (Lipinski definition) is 4. The van der Waals surface area contributed by atoms with Gasteiger partial charge in [-0.3, -0.25) is 4.79 Å². The van der Waals surface area contributed by atoms with E-state index in [2.05, 4.69) is 22.0 Å². The molecule has 1 aromatic carbocycles. The van der Waals surface area contributed by atoms with Gasteiger partial charge in [-0.25, -0.2) is 0 Å². The highest BCUT2D eigenvalue weighted by atomic mass is 79.9. The van der Waals surface area contributed by atoms with Crippen molar-refractivity contribution in [1.29, 1.82) is 5.26 Å². The Hall–Kier alpha value is -1.38. The number of nitriles is 1. The normalized spacial score (nSPS) is 9.76.